The van der Waals surface area contributed by atoms with Crippen molar-refractivity contribution in [2.45, 2.75) is 25.6 Å². The smallest absolute Gasteiger partial charge is 0.253 e. The molecule has 1 saturated heterocycles. The molecule has 1 aliphatic rings. The first-order valence-electron chi connectivity index (χ1n) is 10.7. The van der Waals surface area contributed by atoms with Crippen LogP contribution in [0.1, 0.15) is 27.9 Å². The minimum Gasteiger partial charge on any atom is -0.348 e. The summed E-state index contributed by atoms with van der Waals surface area (Å²) in [7, 11) is 0. The van der Waals surface area contributed by atoms with Crippen LogP contribution in [0.5, 0.6) is 0 Å². The summed E-state index contributed by atoms with van der Waals surface area (Å²) in [6.07, 6.45) is 4.39. The molecule has 1 N–H and O–H groups in total. The van der Waals surface area contributed by atoms with Crippen LogP contribution in [-0.4, -0.2) is 44.7 Å². The van der Waals surface area contributed by atoms with Gasteiger partial charge in [0.2, 0.25) is 0 Å². The number of amides is 1. The second-order valence-corrected chi connectivity index (χ2v) is 8.10. The van der Waals surface area contributed by atoms with Crippen molar-refractivity contribution >= 4 is 16.9 Å². The molecule has 0 unspecified atom stereocenters. The van der Waals surface area contributed by atoms with E-state index in [1.54, 1.807) is 12.4 Å². The molecule has 0 spiro atoms. The van der Waals surface area contributed by atoms with Crippen molar-refractivity contribution in [3.05, 3.63) is 95.8 Å². The summed E-state index contributed by atoms with van der Waals surface area (Å²) in [4.78, 5) is 19.7. The third-order valence-electron chi connectivity index (χ3n) is 5.77. The molecule has 1 atom stereocenters. The molecule has 3 heterocycles. The zero-order valence-corrected chi connectivity index (χ0v) is 17.3. The summed E-state index contributed by atoms with van der Waals surface area (Å²) in [5.41, 5.74) is 3.83. The molecule has 0 bridgehead atoms. The maximum Gasteiger partial charge on any atom is 0.253 e. The lowest BCUT2D eigenvalue weighted by Crippen LogP contribution is -2.37. The fourth-order valence-electron chi connectivity index (χ4n) is 4.17. The zero-order chi connectivity index (χ0) is 21.0. The minimum atomic E-state index is -0.0724. The predicted octanol–water partition coefficient (Wildman–Crippen LogP) is 3.48. The van der Waals surface area contributed by atoms with Crippen LogP contribution in [0.15, 0.2) is 79.1 Å². The normalized spacial score (nSPS) is 16.6. The minimum absolute atomic E-state index is 0.0724. The summed E-state index contributed by atoms with van der Waals surface area (Å²) < 4.78 is 1.87. The number of hydrogen-bond acceptors (Lipinski definition) is 4. The SMILES string of the molecule is O=C(N[C@H]1CCN(Cc2ccccc2)C1)c1cnc2c(cnn2Cc2ccccc2)c1. The van der Waals surface area contributed by atoms with Crippen molar-refractivity contribution in [2.24, 2.45) is 0 Å². The Bertz CT molecular complexity index is 1170. The van der Waals surface area contributed by atoms with Crippen molar-refractivity contribution in [3.8, 4) is 0 Å². The summed E-state index contributed by atoms with van der Waals surface area (Å²) in [6.45, 7) is 3.43. The maximum absolute atomic E-state index is 12.8. The van der Waals surface area contributed by atoms with Crippen molar-refractivity contribution in [1.29, 1.82) is 0 Å². The van der Waals surface area contributed by atoms with Crippen LogP contribution in [0.25, 0.3) is 11.0 Å². The molecular formula is C25H25N5O. The Morgan fingerprint density at radius 1 is 0.968 bits per heavy atom. The number of benzene rings is 2. The molecule has 5 rings (SSSR count). The molecule has 1 aliphatic heterocycles. The lowest BCUT2D eigenvalue weighted by atomic mass is 10.2. The van der Waals surface area contributed by atoms with Gasteiger partial charge in [-0.2, -0.15) is 5.10 Å². The van der Waals surface area contributed by atoms with Gasteiger partial charge < -0.3 is 5.32 Å². The second-order valence-electron chi connectivity index (χ2n) is 8.10. The number of likely N-dealkylation sites (tertiary alicyclic amines) is 1. The molecule has 0 saturated carbocycles. The number of pyridine rings is 1. The van der Waals surface area contributed by atoms with Gasteiger partial charge in [-0.25, -0.2) is 9.67 Å². The van der Waals surface area contributed by atoms with Gasteiger partial charge in [0, 0.05) is 37.3 Å². The first-order valence-corrected chi connectivity index (χ1v) is 10.7. The molecule has 2 aromatic heterocycles. The zero-order valence-electron chi connectivity index (χ0n) is 17.3. The van der Waals surface area contributed by atoms with Crippen LogP contribution in [0.3, 0.4) is 0 Å². The van der Waals surface area contributed by atoms with E-state index in [-0.39, 0.29) is 11.9 Å². The van der Waals surface area contributed by atoms with Crippen LogP contribution >= 0.6 is 0 Å². The highest BCUT2D eigenvalue weighted by molar-refractivity contribution is 5.97. The van der Waals surface area contributed by atoms with Gasteiger partial charge >= 0.3 is 0 Å². The third-order valence-corrected chi connectivity index (χ3v) is 5.77. The Balaban J connectivity index is 1.22. The average molecular weight is 412 g/mol. The molecule has 1 amide bonds. The fraction of sp³-hybridized carbons (Fsp3) is 0.240. The van der Waals surface area contributed by atoms with Crippen LogP contribution in [-0.2, 0) is 13.1 Å². The van der Waals surface area contributed by atoms with Crippen molar-refractivity contribution in [2.75, 3.05) is 13.1 Å². The summed E-state index contributed by atoms with van der Waals surface area (Å²) in [5.74, 6) is -0.0724. The Hall–Kier alpha value is -3.51. The molecule has 6 nitrogen and oxygen atoms in total. The van der Waals surface area contributed by atoms with E-state index in [0.717, 1.165) is 42.7 Å². The number of nitrogens with one attached hydrogen (secondary N) is 1. The predicted molar refractivity (Wildman–Crippen MR) is 121 cm³/mol. The summed E-state index contributed by atoms with van der Waals surface area (Å²) >= 11 is 0. The van der Waals surface area contributed by atoms with E-state index in [1.165, 1.54) is 5.56 Å². The molecule has 4 aromatic rings. The quantitative estimate of drug-likeness (QED) is 0.528. The topological polar surface area (TPSA) is 63.1 Å². The Morgan fingerprint density at radius 2 is 1.68 bits per heavy atom. The maximum atomic E-state index is 12.8. The first kappa shape index (κ1) is 19.5. The van der Waals surface area contributed by atoms with Crippen LogP contribution in [0, 0.1) is 0 Å². The number of carbonyl (C=O) groups is 1. The van der Waals surface area contributed by atoms with Gasteiger partial charge in [0.15, 0.2) is 5.65 Å². The lowest BCUT2D eigenvalue weighted by molar-refractivity contribution is 0.0937. The van der Waals surface area contributed by atoms with E-state index in [9.17, 15) is 4.79 Å². The number of carbonyl (C=O) groups excluding carboxylic acids is 1. The Labute approximate surface area is 181 Å². The van der Waals surface area contributed by atoms with E-state index in [0.29, 0.717) is 12.1 Å². The van der Waals surface area contributed by atoms with Gasteiger partial charge in [0.05, 0.1) is 18.3 Å². The van der Waals surface area contributed by atoms with Gasteiger partial charge in [-0.3, -0.25) is 9.69 Å². The number of rotatable bonds is 6. The van der Waals surface area contributed by atoms with Gasteiger partial charge in [-0.05, 0) is 23.6 Å². The van der Waals surface area contributed by atoms with E-state index >= 15 is 0 Å². The van der Waals surface area contributed by atoms with E-state index < -0.39 is 0 Å². The number of aromatic nitrogens is 3. The van der Waals surface area contributed by atoms with E-state index in [4.69, 9.17) is 0 Å². The molecule has 31 heavy (non-hydrogen) atoms. The molecule has 2 aromatic carbocycles. The first-order chi connectivity index (χ1) is 15.2. The fourth-order valence-corrected chi connectivity index (χ4v) is 4.17. The van der Waals surface area contributed by atoms with Crippen LogP contribution < -0.4 is 5.32 Å². The highest BCUT2D eigenvalue weighted by atomic mass is 16.1. The monoisotopic (exact) mass is 411 g/mol. The van der Waals surface area contributed by atoms with Crippen LogP contribution in [0.2, 0.25) is 0 Å². The summed E-state index contributed by atoms with van der Waals surface area (Å²) in [5, 5.41) is 8.51. The number of fused-ring (bicyclic) bond motifs is 1. The molecule has 156 valence electrons. The van der Waals surface area contributed by atoms with Gasteiger partial charge in [0.1, 0.15) is 0 Å². The molecule has 1 fully saturated rings. The molecule has 0 radical (unpaired) electrons. The van der Waals surface area contributed by atoms with Gasteiger partial charge in [-0.15, -0.1) is 0 Å². The Kier molecular flexibility index (Phi) is 5.46. The van der Waals surface area contributed by atoms with Gasteiger partial charge in [0.25, 0.3) is 5.91 Å². The number of nitrogens with zero attached hydrogens (tertiary/aromatic N) is 4. The highest BCUT2D eigenvalue weighted by Gasteiger charge is 2.24. The average Bonchev–Trinajstić information content (AvgIpc) is 3.41. The summed E-state index contributed by atoms with van der Waals surface area (Å²) in [6, 6.07) is 22.7. The standard InChI is InChI=1S/C25H25N5O/c31-25(28-23-11-12-29(18-23)16-19-7-3-1-4-8-19)22-13-21-15-27-30(24(21)26-14-22)17-20-9-5-2-6-10-20/h1-10,13-15,23H,11-12,16-18H2,(H,28,31)/t23-/m0/s1. The third kappa shape index (κ3) is 4.49. The Morgan fingerprint density at radius 3 is 2.42 bits per heavy atom. The van der Waals surface area contributed by atoms with E-state index in [2.05, 4.69) is 56.7 Å². The van der Waals surface area contributed by atoms with Crippen LogP contribution in [0.4, 0.5) is 0 Å². The van der Waals surface area contributed by atoms with E-state index in [1.807, 2.05) is 35.0 Å². The van der Waals surface area contributed by atoms with Gasteiger partial charge in [-0.1, -0.05) is 60.7 Å². The molecule has 6 heteroatoms. The second kappa shape index (κ2) is 8.70. The van der Waals surface area contributed by atoms with Crippen molar-refractivity contribution in [3.63, 3.8) is 0 Å². The highest BCUT2D eigenvalue weighted by Crippen LogP contribution is 2.17. The molecule has 0 aliphatic carbocycles. The lowest BCUT2D eigenvalue weighted by Gasteiger charge is -2.16. The number of hydrogen-bond donors (Lipinski definition) is 1. The molecular weight excluding hydrogens is 386 g/mol. The largest absolute Gasteiger partial charge is 0.348 e. The van der Waals surface area contributed by atoms with Crippen molar-refractivity contribution in [1.82, 2.24) is 25.0 Å². The van der Waals surface area contributed by atoms with Crippen molar-refractivity contribution < 1.29 is 4.79 Å².